The van der Waals surface area contributed by atoms with E-state index in [1.54, 1.807) is 0 Å². The molecule has 0 aliphatic rings. The van der Waals surface area contributed by atoms with Crippen LogP contribution in [0.4, 0.5) is 0 Å². The van der Waals surface area contributed by atoms with Crippen molar-refractivity contribution in [1.29, 1.82) is 0 Å². The highest BCUT2D eigenvalue weighted by Crippen LogP contribution is 2.14. The van der Waals surface area contributed by atoms with Gasteiger partial charge in [-0.3, -0.25) is 0 Å². The number of hydrogen-bond donors (Lipinski definition) is 1. The van der Waals surface area contributed by atoms with Crippen LogP contribution in [0, 0.1) is 0 Å². The average Bonchev–Trinajstić information content (AvgIpc) is 2.91. The molecule has 0 rings (SSSR count). The predicted molar refractivity (Wildman–Crippen MR) is 165 cm³/mol. The quantitative estimate of drug-likeness (QED) is 0.0613. The predicted octanol–water partition coefficient (Wildman–Crippen LogP) is 11.1. The molecule has 0 aliphatic heterocycles. The van der Waals surface area contributed by atoms with Gasteiger partial charge in [-0.1, -0.05) is 168 Å². The molecule has 0 amide bonds. The van der Waals surface area contributed by atoms with Gasteiger partial charge in [0.15, 0.2) is 0 Å². The zero-order valence-corrected chi connectivity index (χ0v) is 25.5. The number of rotatable bonds is 28. The molecule has 1 N–H and O–H groups in total. The van der Waals surface area contributed by atoms with Gasteiger partial charge in [0, 0.05) is 11.6 Å². The van der Waals surface area contributed by atoms with E-state index in [0.717, 1.165) is 19.3 Å². The van der Waals surface area contributed by atoms with Gasteiger partial charge in [0.2, 0.25) is 0 Å². The third kappa shape index (κ3) is 34.4. The molecular formula is C34H64O4. The Labute approximate surface area is 237 Å². The van der Waals surface area contributed by atoms with Gasteiger partial charge in [0.25, 0.3) is 0 Å². The normalized spacial score (nSPS) is 10.5. The highest BCUT2D eigenvalue weighted by atomic mass is 16.5. The second kappa shape index (κ2) is 33.4. The fraction of sp³-hybridized carbons (Fsp3) is 0.824. The summed E-state index contributed by atoms with van der Waals surface area (Å²) in [6.45, 7) is 12.0. The lowest BCUT2D eigenvalue weighted by atomic mass is 10.0. The van der Waals surface area contributed by atoms with Crippen molar-refractivity contribution in [2.75, 3.05) is 6.61 Å². The van der Waals surface area contributed by atoms with Gasteiger partial charge in [-0.25, -0.2) is 9.59 Å². The van der Waals surface area contributed by atoms with Gasteiger partial charge >= 0.3 is 11.9 Å². The van der Waals surface area contributed by atoms with Crippen LogP contribution >= 0.6 is 0 Å². The smallest absolute Gasteiger partial charge is 0.330 e. The van der Waals surface area contributed by atoms with Gasteiger partial charge in [0.1, 0.15) is 0 Å². The van der Waals surface area contributed by atoms with Gasteiger partial charge in [-0.2, -0.15) is 0 Å². The van der Waals surface area contributed by atoms with E-state index in [1.165, 1.54) is 141 Å². The second-order valence-corrected chi connectivity index (χ2v) is 10.8. The summed E-state index contributed by atoms with van der Waals surface area (Å²) in [7, 11) is 0. The number of hydrogen-bond acceptors (Lipinski definition) is 3. The number of carboxylic acids is 1. The van der Waals surface area contributed by atoms with E-state index in [-0.39, 0.29) is 5.97 Å². The number of carbonyl (C=O) groups excluding carboxylic acids is 1. The molecule has 0 aromatic heterocycles. The molecule has 224 valence electrons. The van der Waals surface area contributed by atoms with Crippen LogP contribution in [-0.4, -0.2) is 23.7 Å². The zero-order chi connectivity index (χ0) is 28.5. The van der Waals surface area contributed by atoms with Crippen molar-refractivity contribution >= 4 is 11.9 Å². The van der Waals surface area contributed by atoms with Crippen molar-refractivity contribution in [2.24, 2.45) is 0 Å². The lowest BCUT2D eigenvalue weighted by Crippen LogP contribution is -2.01. The molecule has 0 bridgehead atoms. The van der Waals surface area contributed by atoms with E-state index in [9.17, 15) is 9.59 Å². The van der Waals surface area contributed by atoms with Crippen LogP contribution in [0.5, 0.6) is 0 Å². The molecule has 4 nitrogen and oxygen atoms in total. The maximum atomic E-state index is 10.8. The van der Waals surface area contributed by atoms with E-state index in [1.807, 2.05) is 0 Å². The van der Waals surface area contributed by atoms with Crippen LogP contribution < -0.4 is 0 Å². The molecule has 0 saturated heterocycles. The minimum Gasteiger partial charge on any atom is -0.478 e. The Hall–Kier alpha value is -1.58. The molecule has 0 radical (unpaired) electrons. The maximum absolute atomic E-state index is 10.8. The Bertz CT molecular complexity index is 539. The van der Waals surface area contributed by atoms with Crippen molar-refractivity contribution in [2.45, 2.75) is 174 Å². The number of unbranched alkanes of at least 4 members (excludes halogenated alkanes) is 22. The fourth-order valence-corrected chi connectivity index (χ4v) is 4.46. The van der Waals surface area contributed by atoms with E-state index >= 15 is 0 Å². The van der Waals surface area contributed by atoms with Crippen LogP contribution in [0.2, 0.25) is 0 Å². The SMILES string of the molecule is C=C(CCCCCCCCCCCCCC)C(=O)O.C=CC(=O)OCCCCCCCCCCCCCC. The van der Waals surface area contributed by atoms with Crippen LogP contribution in [0.15, 0.2) is 24.8 Å². The zero-order valence-electron chi connectivity index (χ0n) is 25.5. The Kier molecular flexibility index (Phi) is 33.9. The summed E-state index contributed by atoms with van der Waals surface area (Å²) in [5, 5.41) is 8.66. The third-order valence-corrected chi connectivity index (χ3v) is 7.04. The van der Waals surface area contributed by atoms with Crippen LogP contribution in [0.3, 0.4) is 0 Å². The first kappa shape index (κ1) is 38.6. The topological polar surface area (TPSA) is 63.6 Å². The maximum Gasteiger partial charge on any atom is 0.330 e. The molecule has 0 aromatic carbocycles. The Balaban J connectivity index is 0. The first-order valence-corrected chi connectivity index (χ1v) is 16.2. The largest absolute Gasteiger partial charge is 0.478 e. The van der Waals surface area contributed by atoms with Gasteiger partial charge < -0.3 is 9.84 Å². The Morgan fingerprint density at radius 2 is 0.895 bits per heavy atom. The van der Waals surface area contributed by atoms with Crippen LogP contribution in [-0.2, 0) is 14.3 Å². The van der Waals surface area contributed by atoms with Crippen LogP contribution in [0.1, 0.15) is 174 Å². The molecule has 4 heteroatoms. The minimum absolute atomic E-state index is 0.303. The van der Waals surface area contributed by atoms with Crippen molar-refractivity contribution in [3.63, 3.8) is 0 Å². The summed E-state index contributed by atoms with van der Waals surface area (Å²) in [4.78, 5) is 21.3. The summed E-state index contributed by atoms with van der Waals surface area (Å²) >= 11 is 0. The minimum atomic E-state index is -0.844. The lowest BCUT2D eigenvalue weighted by molar-refractivity contribution is -0.138. The highest BCUT2D eigenvalue weighted by molar-refractivity contribution is 5.85. The molecule has 0 aromatic rings. The molecule has 0 spiro atoms. The molecule has 38 heavy (non-hydrogen) atoms. The molecule has 0 atom stereocenters. The summed E-state index contributed by atoms with van der Waals surface area (Å²) in [5.74, 6) is -1.15. The average molecular weight is 537 g/mol. The molecule has 0 aliphatic carbocycles. The van der Waals surface area contributed by atoms with Gasteiger partial charge in [-0.05, 0) is 19.3 Å². The summed E-state index contributed by atoms with van der Waals surface area (Å²) in [6.07, 6.45) is 33.4. The standard InChI is InChI=1S/2C17H32O2/c1-3-4-5-6-7-8-9-10-11-12-13-14-15-16(2)17(18)19;1-3-5-6-7-8-9-10-11-12-13-14-15-16-19-17(18)4-2/h2-15H2,1H3,(H,18,19);4H,2-3,5-16H2,1H3. The molecule has 0 unspecified atom stereocenters. The van der Waals surface area contributed by atoms with Gasteiger partial charge in [0.05, 0.1) is 6.61 Å². The van der Waals surface area contributed by atoms with E-state index in [2.05, 4.69) is 27.0 Å². The summed E-state index contributed by atoms with van der Waals surface area (Å²) in [5.41, 5.74) is 0.354. The van der Waals surface area contributed by atoms with Crippen molar-refractivity contribution in [1.82, 2.24) is 0 Å². The second-order valence-electron chi connectivity index (χ2n) is 10.8. The molecule has 0 fully saturated rings. The van der Waals surface area contributed by atoms with Crippen molar-refractivity contribution < 1.29 is 19.4 Å². The fourth-order valence-electron chi connectivity index (χ4n) is 4.46. The number of aliphatic carboxylic acids is 1. The first-order valence-electron chi connectivity index (χ1n) is 16.2. The van der Waals surface area contributed by atoms with Crippen molar-refractivity contribution in [3.05, 3.63) is 24.8 Å². The molecule has 0 heterocycles. The van der Waals surface area contributed by atoms with Gasteiger partial charge in [-0.15, -0.1) is 0 Å². The first-order chi connectivity index (χ1) is 18.5. The van der Waals surface area contributed by atoms with Crippen LogP contribution in [0.25, 0.3) is 0 Å². The number of carboxylic acid groups (broad SMARTS) is 1. The number of ether oxygens (including phenoxy) is 1. The van der Waals surface area contributed by atoms with E-state index < -0.39 is 5.97 Å². The van der Waals surface area contributed by atoms with Crippen molar-refractivity contribution in [3.8, 4) is 0 Å². The molecular weight excluding hydrogens is 472 g/mol. The number of esters is 1. The summed E-state index contributed by atoms with van der Waals surface area (Å²) in [6, 6.07) is 0. The molecule has 0 saturated carbocycles. The monoisotopic (exact) mass is 536 g/mol. The highest BCUT2D eigenvalue weighted by Gasteiger charge is 2.02. The Morgan fingerprint density at radius 1 is 0.579 bits per heavy atom. The third-order valence-electron chi connectivity index (χ3n) is 7.04. The lowest BCUT2D eigenvalue weighted by Gasteiger charge is -2.03. The van der Waals surface area contributed by atoms with E-state index in [4.69, 9.17) is 9.84 Å². The number of carbonyl (C=O) groups is 2. The summed E-state index contributed by atoms with van der Waals surface area (Å²) < 4.78 is 4.93. The Morgan fingerprint density at radius 3 is 1.21 bits per heavy atom. The van der Waals surface area contributed by atoms with E-state index in [0.29, 0.717) is 18.6 Å².